The molecule has 4 rings (SSSR count). The average Bonchev–Trinajstić information content (AvgIpc) is 3.28. The molecule has 2 atom stereocenters. The molecule has 2 aromatic rings. The second-order valence-corrected chi connectivity index (χ2v) is 8.03. The molecular formula is C24H27N3O4. The maximum atomic E-state index is 12.4. The molecule has 0 unspecified atom stereocenters. The molecule has 2 heterocycles. The van der Waals surface area contributed by atoms with Gasteiger partial charge in [-0.15, -0.1) is 0 Å². The first-order valence-corrected chi connectivity index (χ1v) is 10.7. The topological polar surface area (TPSA) is 87.7 Å². The molecule has 0 aliphatic carbocycles. The Bertz CT molecular complexity index is 1000. The van der Waals surface area contributed by atoms with Crippen LogP contribution in [0.25, 0.3) is 0 Å². The van der Waals surface area contributed by atoms with E-state index in [4.69, 9.17) is 4.74 Å². The number of ether oxygens (including phenoxy) is 1. The summed E-state index contributed by atoms with van der Waals surface area (Å²) in [7, 11) is 0. The van der Waals surface area contributed by atoms with Crippen LogP contribution in [0.2, 0.25) is 0 Å². The van der Waals surface area contributed by atoms with Crippen LogP contribution >= 0.6 is 0 Å². The minimum atomic E-state index is -0.601. The molecule has 2 aliphatic heterocycles. The van der Waals surface area contributed by atoms with E-state index < -0.39 is 5.97 Å². The first kappa shape index (κ1) is 20.9. The molecule has 2 N–H and O–H groups in total. The highest BCUT2D eigenvalue weighted by atomic mass is 16.5. The van der Waals surface area contributed by atoms with Gasteiger partial charge in [-0.05, 0) is 55.5 Å². The van der Waals surface area contributed by atoms with E-state index in [1.807, 2.05) is 37.3 Å². The van der Waals surface area contributed by atoms with Crippen LogP contribution in [0.3, 0.4) is 0 Å². The Balaban J connectivity index is 1.34. The van der Waals surface area contributed by atoms with E-state index in [1.165, 1.54) is 5.56 Å². The van der Waals surface area contributed by atoms with Gasteiger partial charge < -0.3 is 20.3 Å². The Kier molecular flexibility index (Phi) is 5.93. The summed E-state index contributed by atoms with van der Waals surface area (Å²) in [5, 5.41) is 5.72. The van der Waals surface area contributed by atoms with Gasteiger partial charge in [0.2, 0.25) is 5.91 Å². The average molecular weight is 421 g/mol. The standard InChI is InChI=1S/C24H27N3O4/c1-3-16-6-8-17(9-7-16)15(2)25-22(28)14-31-24(30)18-10-11-20-19(13-18)26-23(29)21-5-4-12-27(20)21/h6-11,13,15,21H,3-5,12,14H2,1-2H3,(H,25,28)(H,26,29)/t15-,21+/m0/s1. The molecule has 2 amide bonds. The molecule has 7 nitrogen and oxygen atoms in total. The fourth-order valence-corrected chi connectivity index (χ4v) is 4.18. The van der Waals surface area contributed by atoms with Crippen molar-refractivity contribution in [3.63, 3.8) is 0 Å². The van der Waals surface area contributed by atoms with Crippen LogP contribution in [0.4, 0.5) is 11.4 Å². The highest BCUT2D eigenvalue weighted by molar-refractivity contribution is 6.05. The molecule has 0 saturated carbocycles. The summed E-state index contributed by atoms with van der Waals surface area (Å²) >= 11 is 0. The number of hydrogen-bond donors (Lipinski definition) is 2. The fourth-order valence-electron chi connectivity index (χ4n) is 4.18. The number of nitrogens with zero attached hydrogens (tertiary/aromatic N) is 1. The zero-order valence-corrected chi connectivity index (χ0v) is 17.8. The van der Waals surface area contributed by atoms with Gasteiger partial charge in [0.25, 0.3) is 5.91 Å². The van der Waals surface area contributed by atoms with Crippen LogP contribution in [0, 0.1) is 0 Å². The molecule has 0 radical (unpaired) electrons. The number of nitrogens with one attached hydrogen (secondary N) is 2. The summed E-state index contributed by atoms with van der Waals surface area (Å²) in [6.45, 7) is 4.44. The minimum absolute atomic E-state index is 0.0455. The van der Waals surface area contributed by atoms with Crippen LogP contribution in [-0.2, 0) is 20.7 Å². The second-order valence-electron chi connectivity index (χ2n) is 8.03. The third-order valence-corrected chi connectivity index (χ3v) is 5.95. The number of anilines is 2. The van der Waals surface area contributed by atoms with E-state index in [1.54, 1.807) is 12.1 Å². The SMILES string of the molecule is CCc1ccc([C@H](C)NC(=O)COC(=O)c2ccc3c(c2)NC(=O)[C@H]2CCCN32)cc1. The van der Waals surface area contributed by atoms with Gasteiger partial charge >= 0.3 is 5.97 Å². The lowest BCUT2D eigenvalue weighted by Crippen LogP contribution is -2.43. The third-order valence-electron chi connectivity index (χ3n) is 5.95. The van der Waals surface area contributed by atoms with E-state index in [-0.39, 0.29) is 30.5 Å². The van der Waals surface area contributed by atoms with Crippen molar-refractivity contribution < 1.29 is 19.1 Å². The zero-order valence-electron chi connectivity index (χ0n) is 17.8. The lowest BCUT2D eigenvalue weighted by molar-refractivity contribution is -0.124. The predicted molar refractivity (Wildman–Crippen MR) is 118 cm³/mol. The monoisotopic (exact) mass is 421 g/mol. The highest BCUT2D eigenvalue weighted by Crippen LogP contribution is 2.37. The number of aryl methyl sites for hydroxylation is 1. The number of carbonyl (C=O) groups excluding carboxylic acids is 3. The Hall–Kier alpha value is -3.35. The van der Waals surface area contributed by atoms with E-state index >= 15 is 0 Å². The normalized spacial score (nSPS) is 17.9. The molecule has 0 spiro atoms. The van der Waals surface area contributed by atoms with Gasteiger partial charge in [-0.2, -0.15) is 0 Å². The quantitative estimate of drug-likeness (QED) is 0.700. The molecule has 1 fully saturated rings. The van der Waals surface area contributed by atoms with E-state index in [0.717, 1.165) is 37.1 Å². The van der Waals surface area contributed by atoms with Gasteiger partial charge in [0.15, 0.2) is 6.61 Å². The molecule has 31 heavy (non-hydrogen) atoms. The number of rotatable bonds is 6. The maximum absolute atomic E-state index is 12.4. The van der Waals surface area contributed by atoms with Crippen LogP contribution in [0.15, 0.2) is 42.5 Å². The molecular weight excluding hydrogens is 394 g/mol. The molecule has 2 aliphatic rings. The number of benzene rings is 2. The number of amides is 2. The Labute approximate surface area is 181 Å². The summed E-state index contributed by atoms with van der Waals surface area (Å²) in [5.74, 6) is -1.02. The van der Waals surface area contributed by atoms with Crippen molar-refractivity contribution in [2.45, 2.75) is 45.2 Å². The zero-order chi connectivity index (χ0) is 22.0. The van der Waals surface area contributed by atoms with Crippen molar-refractivity contribution in [2.75, 3.05) is 23.4 Å². The minimum Gasteiger partial charge on any atom is -0.452 e. The van der Waals surface area contributed by atoms with E-state index in [2.05, 4.69) is 22.5 Å². The lowest BCUT2D eigenvalue weighted by Gasteiger charge is -2.33. The number of carbonyl (C=O) groups is 3. The van der Waals surface area contributed by atoms with Crippen molar-refractivity contribution in [3.05, 3.63) is 59.2 Å². The Morgan fingerprint density at radius 2 is 2.00 bits per heavy atom. The van der Waals surface area contributed by atoms with Gasteiger partial charge in [0, 0.05) is 6.54 Å². The number of hydrogen-bond acceptors (Lipinski definition) is 5. The Morgan fingerprint density at radius 3 is 2.74 bits per heavy atom. The number of esters is 1. The van der Waals surface area contributed by atoms with Crippen molar-refractivity contribution in [2.24, 2.45) is 0 Å². The number of fused-ring (bicyclic) bond motifs is 3. The molecule has 0 bridgehead atoms. The van der Waals surface area contributed by atoms with Crippen molar-refractivity contribution >= 4 is 29.2 Å². The van der Waals surface area contributed by atoms with Crippen LogP contribution in [0.5, 0.6) is 0 Å². The summed E-state index contributed by atoms with van der Waals surface area (Å²) < 4.78 is 5.19. The van der Waals surface area contributed by atoms with Crippen LogP contribution in [-0.4, -0.2) is 37.0 Å². The predicted octanol–water partition coefficient (Wildman–Crippen LogP) is 3.20. The highest BCUT2D eigenvalue weighted by Gasteiger charge is 2.36. The van der Waals surface area contributed by atoms with Crippen LogP contribution in [0.1, 0.15) is 54.2 Å². The van der Waals surface area contributed by atoms with Crippen molar-refractivity contribution in [1.82, 2.24) is 5.32 Å². The molecule has 1 saturated heterocycles. The summed E-state index contributed by atoms with van der Waals surface area (Å²) in [6, 6.07) is 12.8. The van der Waals surface area contributed by atoms with E-state index in [0.29, 0.717) is 11.3 Å². The van der Waals surface area contributed by atoms with Gasteiger partial charge in [-0.3, -0.25) is 9.59 Å². The lowest BCUT2D eigenvalue weighted by atomic mass is 10.1. The second kappa shape index (κ2) is 8.79. The summed E-state index contributed by atoms with van der Waals surface area (Å²) in [6.07, 6.45) is 2.77. The van der Waals surface area contributed by atoms with Gasteiger partial charge in [-0.1, -0.05) is 31.2 Å². The first-order valence-electron chi connectivity index (χ1n) is 10.7. The van der Waals surface area contributed by atoms with Crippen molar-refractivity contribution in [1.29, 1.82) is 0 Å². The fraction of sp³-hybridized carbons (Fsp3) is 0.375. The maximum Gasteiger partial charge on any atom is 0.338 e. The molecule has 2 aromatic carbocycles. The smallest absolute Gasteiger partial charge is 0.338 e. The van der Waals surface area contributed by atoms with Gasteiger partial charge in [0.05, 0.1) is 23.0 Å². The third kappa shape index (κ3) is 4.40. The molecule has 162 valence electrons. The molecule has 7 heteroatoms. The first-order chi connectivity index (χ1) is 15.0. The van der Waals surface area contributed by atoms with Crippen molar-refractivity contribution in [3.8, 4) is 0 Å². The van der Waals surface area contributed by atoms with Crippen LogP contribution < -0.4 is 15.5 Å². The summed E-state index contributed by atoms with van der Waals surface area (Å²) in [5.41, 5.74) is 4.04. The Morgan fingerprint density at radius 1 is 1.23 bits per heavy atom. The molecule has 0 aromatic heterocycles. The van der Waals surface area contributed by atoms with Gasteiger partial charge in [0.1, 0.15) is 6.04 Å². The van der Waals surface area contributed by atoms with E-state index in [9.17, 15) is 14.4 Å². The largest absolute Gasteiger partial charge is 0.452 e. The van der Waals surface area contributed by atoms with Gasteiger partial charge in [-0.25, -0.2) is 4.79 Å². The summed E-state index contributed by atoms with van der Waals surface area (Å²) in [4.78, 5) is 39.0.